The van der Waals surface area contributed by atoms with Gasteiger partial charge in [-0.25, -0.2) is 4.98 Å². The number of hydrogen-bond acceptors (Lipinski definition) is 3. The summed E-state index contributed by atoms with van der Waals surface area (Å²) in [5, 5.41) is 0. The summed E-state index contributed by atoms with van der Waals surface area (Å²) in [6, 6.07) is 3.77. The van der Waals surface area contributed by atoms with E-state index in [1.807, 2.05) is 6.07 Å². The number of rotatable bonds is 3. The van der Waals surface area contributed by atoms with Crippen LogP contribution in [0.5, 0.6) is 5.88 Å². The predicted octanol–water partition coefficient (Wildman–Crippen LogP) is 1.85. The van der Waals surface area contributed by atoms with Crippen LogP contribution in [0, 0.1) is 0 Å². The Balaban J connectivity index is 2.61. The fraction of sp³-hybridized carbons (Fsp3) is 0.538. The molecule has 1 aromatic rings. The van der Waals surface area contributed by atoms with Gasteiger partial charge in [0.1, 0.15) is 0 Å². The zero-order valence-corrected chi connectivity index (χ0v) is 11.2. The second-order valence-corrected chi connectivity index (χ2v) is 5.21. The maximum atomic E-state index is 11.3. The van der Waals surface area contributed by atoms with E-state index in [-0.39, 0.29) is 17.9 Å². The molecular weight excluding hydrogens is 216 g/mol. The van der Waals surface area contributed by atoms with Crippen molar-refractivity contribution in [1.82, 2.24) is 9.88 Å². The molecule has 0 aliphatic rings. The van der Waals surface area contributed by atoms with Crippen LogP contribution in [0.15, 0.2) is 18.3 Å². The molecule has 0 saturated carbocycles. The zero-order chi connectivity index (χ0) is 13.1. The van der Waals surface area contributed by atoms with Gasteiger partial charge in [0.2, 0.25) is 5.88 Å². The number of nitrogens with zero attached hydrogens (tertiary/aromatic N) is 2. The average molecular weight is 236 g/mol. The van der Waals surface area contributed by atoms with Gasteiger partial charge >= 0.3 is 0 Å². The van der Waals surface area contributed by atoms with Crippen molar-refractivity contribution >= 4 is 5.91 Å². The molecule has 4 heteroatoms. The van der Waals surface area contributed by atoms with Gasteiger partial charge in [-0.05, 0) is 11.0 Å². The van der Waals surface area contributed by atoms with E-state index in [4.69, 9.17) is 4.74 Å². The third-order valence-corrected chi connectivity index (χ3v) is 2.44. The fourth-order valence-corrected chi connectivity index (χ4v) is 1.17. The molecule has 1 aromatic heterocycles. The van der Waals surface area contributed by atoms with Gasteiger partial charge in [0.25, 0.3) is 5.91 Å². The van der Waals surface area contributed by atoms with Crippen molar-refractivity contribution in [3.8, 4) is 5.88 Å². The molecule has 94 valence electrons. The topological polar surface area (TPSA) is 42.4 Å². The molecule has 17 heavy (non-hydrogen) atoms. The van der Waals surface area contributed by atoms with Crippen molar-refractivity contribution in [3.63, 3.8) is 0 Å². The van der Waals surface area contributed by atoms with Gasteiger partial charge < -0.3 is 9.64 Å². The molecule has 0 aliphatic heterocycles. The molecule has 0 atom stereocenters. The quantitative estimate of drug-likeness (QED) is 0.804. The molecule has 0 radical (unpaired) electrons. The molecule has 0 fully saturated rings. The van der Waals surface area contributed by atoms with Crippen LogP contribution < -0.4 is 4.74 Å². The lowest BCUT2D eigenvalue weighted by molar-refractivity contribution is -0.130. The Labute approximate surface area is 103 Å². The summed E-state index contributed by atoms with van der Waals surface area (Å²) >= 11 is 0. The number of ether oxygens (including phenoxy) is 1. The minimum Gasteiger partial charge on any atom is -0.468 e. The lowest BCUT2D eigenvalue weighted by atomic mass is 9.88. The van der Waals surface area contributed by atoms with Gasteiger partial charge in [-0.3, -0.25) is 4.79 Å². The lowest BCUT2D eigenvalue weighted by Crippen LogP contribution is -2.27. The number of carbonyl (C=O) groups excluding carboxylic acids is 1. The van der Waals surface area contributed by atoms with Crippen LogP contribution in [0.4, 0.5) is 0 Å². The van der Waals surface area contributed by atoms with Gasteiger partial charge in [0.15, 0.2) is 6.61 Å². The van der Waals surface area contributed by atoms with E-state index < -0.39 is 0 Å². The molecule has 1 rings (SSSR count). The molecule has 0 N–H and O–H groups in total. The van der Waals surface area contributed by atoms with Crippen molar-refractivity contribution in [2.45, 2.75) is 26.2 Å². The first-order chi connectivity index (χ1) is 7.80. The lowest BCUT2D eigenvalue weighted by Gasteiger charge is -2.18. The van der Waals surface area contributed by atoms with E-state index in [0.29, 0.717) is 5.88 Å². The molecular formula is C13H20N2O2. The number of aromatic nitrogens is 1. The maximum absolute atomic E-state index is 11.3. The molecule has 0 aliphatic carbocycles. The second-order valence-electron chi connectivity index (χ2n) is 5.21. The van der Waals surface area contributed by atoms with Crippen LogP contribution in [-0.4, -0.2) is 36.5 Å². The number of hydrogen-bond donors (Lipinski definition) is 0. The van der Waals surface area contributed by atoms with E-state index in [2.05, 4.69) is 25.8 Å². The summed E-state index contributed by atoms with van der Waals surface area (Å²) in [6.45, 7) is 6.40. The van der Waals surface area contributed by atoms with E-state index >= 15 is 0 Å². The summed E-state index contributed by atoms with van der Waals surface area (Å²) in [5.74, 6) is 0.403. The standard InChI is InChI=1S/C13H20N2O2/c1-13(2,3)10-6-7-11(14-8-10)17-9-12(16)15(4)5/h6-8H,9H2,1-5H3. The van der Waals surface area contributed by atoms with Gasteiger partial charge in [-0.2, -0.15) is 0 Å². The largest absolute Gasteiger partial charge is 0.468 e. The van der Waals surface area contributed by atoms with Gasteiger partial charge in [0.05, 0.1) is 0 Å². The summed E-state index contributed by atoms with van der Waals surface area (Å²) in [7, 11) is 3.39. The Bertz CT molecular complexity index is 377. The molecule has 0 bridgehead atoms. The molecule has 1 amide bonds. The van der Waals surface area contributed by atoms with E-state index in [0.717, 1.165) is 5.56 Å². The van der Waals surface area contributed by atoms with Crippen molar-refractivity contribution in [2.75, 3.05) is 20.7 Å². The normalized spacial score (nSPS) is 11.1. The molecule has 4 nitrogen and oxygen atoms in total. The van der Waals surface area contributed by atoms with Crippen molar-refractivity contribution in [2.24, 2.45) is 0 Å². The summed E-state index contributed by atoms with van der Waals surface area (Å²) in [5.41, 5.74) is 1.22. The Kier molecular flexibility index (Phi) is 4.10. The highest BCUT2D eigenvalue weighted by Gasteiger charge is 2.14. The Hall–Kier alpha value is -1.58. The highest BCUT2D eigenvalue weighted by atomic mass is 16.5. The first-order valence-corrected chi connectivity index (χ1v) is 5.60. The van der Waals surface area contributed by atoms with Gasteiger partial charge in [0, 0.05) is 26.4 Å². The number of carbonyl (C=O) groups is 1. The van der Waals surface area contributed by atoms with Crippen molar-refractivity contribution in [3.05, 3.63) is 23.9 Å². The van der Waals surface area contributed by atoms with Crippen molar-refractivity contribution in [1.29, 1.82) is 0 Å². The average Bonchev–Trinajstić information content (AvgIpc) is 2.25. The minimum atomic E-state index is -0.0771. The van der Waals surface area contributed by atoms with E-state index in [1.54, 1.807) is 26.4 Å². The van der Waals surface area contributed by atoms with Crippen molar-refractivity contribution < 1.29 is 9.53 Å². The van der Waals surface area contributed by atoms with Gasteiger partial charge in [-0.1, -0.05) is 26.8 Å². The number of amides is 1. The van der Waals surface area contributed by atoms with Crippen LogP contribution in [-0.2, 0) is 10.2 Å². The van der Waals surface area contributed by atoms with E-state index in [1.165, 1.54) is 4.90 Å². The molecule has 0 saturated heterocycles. The van der Waals surface area contributed by atoms with Crippen LogP contribution in [0.2, 0.25) is 0 Å². The van der Waals surface area contributed by atoms with E-state index in [9.17, 15) is 4.79 Å². The Morgan fingerprint density at radius 1 is 1.35 bits per heavy atom. The summed E-state index contributed by atoms with van der Waals surface area (Å²) < 4.78 is 5.29. The fourth-order valence-electron chi connectivity index (χ4n) is 1.17. The first-order valence-electron chi connectivity index (χ1n) is 5.60. The maximum Gasteiger partial charge on any atom is 0.260 e. The third-order valence-electron chi connectivity index (χ3n) is 2.44. The predicted molar refractivity (Wildman–Crippen MR) is 67.1 cm³/mol. The van der Waals surface area contributed by atoms with Crippen LogP contribution in [0.3, 0.4) is 0 Å². The van der Waals surface area contributed by atoms with Crippen LogP contribution in [0.1, 0.15) is 26.3 Å². The third kappa shape index (κ3) is 4.06. The highest BCUT2D eigenvalue weighted by molar-refractivity contribution is 5.77. The molecule has 0 unspecified atom stereocenters. The molecule has 0 aromatic carbocycles. The SMILES string of the molecule is CN(C)C(=O)COc1ccc(C(C)(C)C)cn1. The first kappa shape index (κ1) is 13.5. The summed E-state index contributed by atoms with van der Waals surface area (Å²) in [6.07, 6.45) is 1.79. The van der Waals surface area contributed by atoms with Gasteiger partial charge in [-0.15, -0.1) is 0 Å². The molecule has 1 heterocycles. The zero-order valence-electron chi connectivity index (χ0n) is 11.2. The monoisotopic (exact) mass is 236 g/mol. The smallest absolute Gasteiger partial charge is 0.260 e. The van der Waals surface area contributed by atoms with Crippen LogP contribution >= 0.6 is 0 Å². The minimum absolute atomic E-state index is 0.0227. The number of pyridine rings is 1. The Morgan fingerprint density at radius 2 is 2.00 bits per heavy atom. The summed E-state index contributed by atoms with van der Waals surface area (Å²) in [4.78, 5) is 17.0. The highest BCUT2D eigenvalue weighted by Crippen LogP contribution is 2.22. The second kappa shape index (κ2) is 5.17. The Morgan fingerprint density at radius 3 is 2.41 bits per heavy atom. The number of likely N-dealkylation sites (N-methyl/N-ethyl adjacent to an activating group) is 1. The molecule has 0 spiro atoms. The van der Waals surface area contributed by atoms with Crippen LogP contribution in [0.25, 0.3) is 0 Å².